The van der Waals surface area contributed by atoms with Gasteiger partial charge in [-0.3, -0.25) is 9.48 Å². The van der Waals surface area contributed by atoms with E-state index in [0.717, 1.165) is 17.0 Å². The minimum Gasteiger partial charge on any atom is -0.469 e. The number of esters is 1. The fourth-order valence-electron chi connectivity index (χ4n) is 2.23. The van der Waals surface area contributed by atoms with Gasteiger partial charge in [0.05, 0.1) is 24.3 Å². The first-order valence-corrected chi connectivity index (χ1v) is 5.84. The molecule has 1 atom stereocenters. The molecule has 1 aromatic rings. The van der Waals surface area contributed by atoms with Crippen LogP contribution in [-0.4, -0.2) is 22.9 Å². The van der Waals surface area contributed by atoms with Crippen LogP contribution in [0.25, 0.3) is 0 Å². The zero-order chi connectivity index (χ0) is 13.4. The first kappa shape index (κ1) is 13.7. The molecule has 1 heterocycles. The number of nitrogens with zero attached hydrogens (tertiary/aromatic N) is 2. The monoisotopic (exact) mass is 238 g/mol. The minimum atomic E-state index is -0.268. The molecule has 4 heteroatoms. The first-order chi connectivity index (χ1) is 7.70. The van der Waals surface area contributed by atoms with Gasteiger partial charge in [-0.1, -0.05) is 0 Å². The Labute approximate surface area is 103 Å². The van der Waals surface area contributed by atoms with Crippen molar-refractivity contribution in [3.05, 3.63) is 17.0 Å². The average molecular weight is 238 g/mol. The van der Waals surface area contributed by atoms with Crippen LogP contribution in [0.5, 0.6) is 0 Å². The molecule has 96 valence electrons. The number of methoxy groups -OCH3 is 1. The summed E-state index contributed by atoms with van der Waals surface area (Å²) in [6.45, 7) is 12.1. The Morgan fingerprint density at radius 1 is 1.35 bits per heavy atom. The topological polar surface area (TPSA) is 44.1 Å². The molecule has 1 unspecified atom stereocenters. The quantitative estimate of drug-likeness (QED) is 0.744. The van der Waals surface area contributed by atoms with Crippen LogP contribution in [0.4, 0.5) is 0 Å². The van der Waals surface area contributed by atoms with E-state index in [2.05, 4.69) is 25.9 Å². The first-order valence-electron chi connectivity index (χ1n) is 5.84. The summed E-state index contributed by atoms with van der Waals surface area (Å²) in [6, 6.07) is 0. The second kappa shape index (κ2) is 4.51. The van der Waals surface area contributed by atoms with Crippen molar-refractivity contribution in [2.45, 2.75) is 53.0 Å². The molecular formula is C13H22N2O2. The number of aryl methyl sites for hydroxylation is 1. The van der Waals surface area contributed by atoms with Gasteiger partial charge in [0.2, 0.25) is 0 Å². The standard InChI is InChI=1S/C13H22N2O2/c1-8(12(16)17-7)11-9(2)14-15(10(11)3)13(4,5)6/h8H,1-7H3. The van der Waals surface area contributed by atoms with Gasteiger partial charge >= 0.3 is 5.97 Å². The van der Waals surface area contributed by atoms with E-state index in [4.69, 9.17) is 4.74 Å². The minimum absolute atomic E-state index is 0.0804. The highest BCUT2D eigenvalue weighted by atomic mass is 16.5. The van der Waals surface area contributed by atoms with E-state index < -0.39 is 0 Å². The van der Waals surface area contributed by atoms with Gasteiger partial charge in [-0.25, -0.2) is 0 Å². The molecule has 0 spiro atoms. The number of hydrogen-bond acceptors (Lipinski definition) is 3. The van der Waals surface area contributed by atoms with Crippen molar-refractivity contribution in [2.75, 3.05) is 7.11 Å². The molecule has 1 aromatic heterocycles. The zero-order valence-corrected chi connectivity index (χ0v) is 11.8. The lowest BCUT2D eigenvalue weighted by Gasteiger charge is -2.22. The van der Waals surface area contributed by atoms with E-state index in [1.54, 1.807) is 0 Å². The lowest BCUT2D eigenvalue weighted by atomic mass is 9.98. The van der Waals surface area contributed by atoms with Crippen LogP contribution in [0, 0.1) is 13.8 Å². The van der Waals surface area contributed by atoms with Crippen LogP contribution in [0.2, 0.25) is 0 Å². The molecular weight excluding hydrogens is 216 g/mol. The normalized spacial score (nSPS) is 13.6. The van der Waals surface area contributed by atoms with Crippen molar-refractivity contribution >= 4 is 5.97 Å². The maximum Gasteiger partial charge on any atom is 0.312 e. The number of rotatable bonds is 2. The van der Waals surface area contributed by atoms with Crippen molar-refractivity contribution in [2.24, 2.45) is 0 Å². The van der Waals surface area contributed by atoms with Crippen molar-refractivity contribution in [3.63, 3.8) is 0 Å². The van der Waals surface area contributed by atoms with Crippen LogP contribution in [-0.2, 0) is 15.1 Å². The zero-order valence-electron chi connectivity index (χ0n) is 11.8. The summed E-state index contributed by atoms with van der Waals surface area (Å²) < 4.78 is 6.76. The molecule has 0 fully saturated rings. The Bertz CT molecular complexity index is 427. The summed E-state index contributed by atoms with van der Waals surface area (Å²) >= 11 is 0. The van der Waals surface area contributed by atoms with Gasteiger partial charge in [0.1, 0.15) is 0 Å². The second-order valence-electron chi connectivity index (χ2n) is 5.41. The number of carbonyl (C=O) groups is 1. The van der Waals surface area contributed by atoms with E-state index in [0.29, 0.717) is 0 Å². The van der Waals surface area contributed by atoms with Crippen LogP contribution in [0.15, 0.2) is 0 Å². The largest absolute Gasteiger partial charge is 0.469 e. The molecule has 0 aliphatic rings. The Hall–Kier alpha value is -1.32. The lowest BCUT2D eigenvalue weighted by molar-refractivity contribution is -0.142. The smallest absolute Gasteiger partial charge is 0.312 e. The second-order valence-corrected chi connectivity index (χ2v) is 5.41. The summed E-state index contributed by atoms with van der Waals surface area (Å²) in [5, 5.41) is 4.53. The molecule has 1 rings (SSSR count). The molecule has 0 saturated heterocycles. The highest BCUT2D eigenvalue weighted by Crippen LogP contribution is 2.27. The summed E-state index contributed by atoms with van der Waals surface area (Å²) in [6.07, 6.45) is 0. The highest BCUT2D eigenvalue weighted by molar-refractivity contribution is 5.78. The third kappa shape index (κ3) is 2.51. The Kier molecular flexibility index (Phi) is 3.65. The molecule has 0 saturated carbocycles. The molecule has 0 bridgehead atoms. The van der Waals surface area contributed by atoms with Crippen molar-refractivity contribution in [1.29, 1.82) is 0 Å². The van der Waals surface area contributed by atoms with Crippen LogP contribution in [0.1, 0.15) is 50.6 Å². The Morgan fingerprint density at radius 2 is 1.88 bits per heavy atom. The summed E-state index contributed by atoms with van der Waals surface area (Å²) in [5.74, 6) is -0.485. The van der Waals surface area contributed by atoms with Gasteiger partial charge in [-0.15, -0.1) is 0 Å². The lowest BCUT2D eigenvalue weighted by Crippen LogP contribution is -2.24. The third-order valence-electron chi connectivity index (χ3n) is 2.97. The van der Waals surface area contributed by atoms with E-state index in [-0.39, 0.29) is 17.4 Å². The number of aromatic nitrogens is 2. The van der Waals surface area contributed by atoms with E-state index in [1.165, 1.54) is 7.11 Å². The average Bonchev–Trinajstić information content (AvgIpc) is 2.52. The summed E-state index contributed by atoms with van der Waals surface area (Å²) in [7, 11) is 1.41. The number of hydrogen-bond donors (Lipinski definition) is 0. The molecule has 0 aromatic carbocycles. The third-order valence-corrected chi connectivity index (χ3v) is 2.97. The molecule has 0 aliphatic carbocycles. The van der Waals surface area contributed by atoms with Crippen molar-refractivity contribution in [3.8, 4) is 0 Å². The fraction of sp³-hybridized carbons (Fsp3) is 0.692. The molecule has 17 heavy (non-hydrogen) atoms. The molecule has 0 amide bonds. The van der Waals surface area contributed by atoms with Crippen molar-refractivity contribution < 1.29 is 9.53 Å². The van der Waals surface area contributed by atoms with Gasteiger partial charge < -0.3 is 4.74 Å². The van der Waals surface area contributed by atoms with E-state index in [9.17, 15) is 4.79 Å². The predicted molar refractivity (Wildman–Crippen MR) is 67.1 cm³/mol. The Morgan fingerprint density at radius 3 is 2.24 bits per heavy atom. The van der Waals surface area contributed by atoms with Gasteiger partial charge in [0.25, 0.3) is 0 Å². The van der Waals surface area contributed by atoms with E-state index in [1.807, 2.05) is 25.5 Å². The number of carbonyl (C=O) groups excluding carboxylic acids is 1. The van der Waals surface area contributed by atoms with Gasteiger partial charge in [-0.2, -0.15) is 5.10 Å². The van der Waals surface area contributed by atoms with Gasteiger partial charge in [0, 0.05) is 11.3 Å². The number of ether oxygens (including phenoxy) is 1. The Balaban J connectivity index is 3.28. The SMILES string of the molecule is COC(=O)C(C)c1c(C)nn(C(C)(C)C)c1C. The maximum atomic E-state index is 11.6. The molecule has 0 N–H and O–H groups in total. The van der Waals surface area contributed by atoms with Crippen LogP contribution < -0.4 is 0 Å². The van der Waals surface area contributed by atoms with E-state index >= 15 is 0 Å². The molecule has 0 radical (unpaired) electrons. The fourth-order valence-corrected chi connectivity index (χ4v) is 2.23. The molecule has 0 aliphatic heterocycles. The maximum absolute atomic E-state index is 11.6. The van der Waals surface area contributed by atoms with Crippen LogP contribution >= 0.6 is 0 Å². The van der Waals surface area contributed by atoms with Gasteiger partial charge in [-0.05, 0) is 41.5 Å². The van der Waals surface area contributed by atoms with Crippen molar-refractivity contribution in [1.82, 2.24) is 9.78 Å². The highest BCUT2D eigenvalue weighted by Gasteiger charge is 2.27. The van der Waals surface area contributed by atoms with Crippen LogP contribution in [0.3, 0.4) is 0 Å². The summed E-state index contributed by atoms with van der Waals surface area (Å²) in [4.78, 5) is 11.6. The summed E-state index contributed by atoms with van der Waals surface area (Å²) in [5.41, 5.74) is 2.83. The molecule has 4 nitrogen and oxygen atoms in total. The predicted octanol–water partition coefficient (Wildman–Crippen LogP) is 2.53. The van der Waals surface area contributed by atoms with Gasteiger partial charge in [0.15, 0.2) is 0 Å².